The number of esters is 1. The molecule has 1 unspecified atom stereocenters. The van der Waals surface area contributed by atoms with Crippen LogP contribution in [0, 0.1) is 11.3 Å². The van der Waals surface area contributed by atoms with Gasteiger partial charge in [-0.2, -0.15) is 5.26 Å². The summed E-state index contributed by atoms with van der Waals surface area (Å²) >= 11 is 3.48. The summed E-state index contributed by atoms with van der Waals surface area (Å²) in [5.41, 5.74) is 1.60. The zero-order chi connectivity index (χ0) is 13.9. The fourth-order valence-electron chi connectivity index (χ4n) is 1.54. The minimum atomic E-state index is -0.638. The van der Waals surface area contributed by atoms with Crippen LogP contribution in [0.4, 0.5) is 0 Å². The van der Waals surface area contributed by atoms with Gasteiger partial charge in [-0.1, -0.05) is 22.0 Å². The molecule has 1 atom stereocenters. The molecular formula is C14H16BrNO2. The molecule has 0 spiro atoms. The first-order chi connectivity index (χ1) is 8.31. The molecule has 0 aliphatic heterocycles. The summed E-state index contributed by atoms with van der Waals surface area (Å²) in [6.07, 6.45) is 0. The van der Waals surface area contributed by atoms with E-state index in [0.717, 1.165) is 11.1 Å². The van der Waals surface area contributed by atoms with Gasteiger partial charge in [0.25, 0.3) is 0 Å². The molecule has 0 amide bonds. The van der Waals surface area contributed by atoms with E-state index >= 15 is 0 Å². The molecule has 0 N–H and O–H groups in total. The van der Waals surface area contributed by atoms with Gasteiger partial charge in [0.05, 0.1) is 24.2 Å². The van der Waals surface area contributed by atoms with Crippen LogP contribution in [-0.4, -0.2) is 13.1 Å². The number of methoxy groups -OCH3 is 1. The second-order valence-electron chi connectivity index (χ2n) is 4.69. The second-order valence-corrected chi connectivity index (χ2v) is 6.06. The van der Waals surface area contributed by atoms with Gasteiger partial charge >= 0.3 is 5.97 Å². The predicted octanol–water partition coefficient (Wildman–Crippen LogP) is 3.73. The number of carbonyl (C=O) groups is 1. The Bertz CT molecular complexity index is 501. The first-order valence-electron chi connectivity index (χ1n) is 5.61. The zero-order valence-corrected chi connectivity index (χ0v) is 12.5. The van der Waals surface area contributed by atoms with Crippen molar-refractivity contribution >= 4 is 21.9 Å². The number of benzene rings is 1. The lowest BCUT2D eigenvalue weighted by Crippen LogP contribution is -2.16. The number of halogens is 1. The fourth-order valence-corrected chi connectivity index (χ4v) is 1.81. The van der Waals surface area contributed by atoms with Crippen LogP contribution in [0.1, 0.15) is 47.1 Å². The molecule has 0 aliphatic carbocycles. The molecule has 0 bridgehead atoms. The molecule has 1 rings (SSSR count). The number of carbonyl (C=O) groups excluding carboxylic acids is 1. The van der Waals surface area contributed by atoms with E-state index in [0.29, 0.717) is 5.56 Å². The third-order valence-electron chi connectivity index (χ3n) is 2.84. The molecule has 0 saturated heterocycles. The quantitative estimate of drug-likeness (QED) is 0.631. The van der Waals surface area contributed by atoms with Crippen molar-refractivity contribution < 1.29 is 9.53 Å². The Balaban J connectivity index is 3.41. The fraction of sp³-hybridized carbons (Fsp3) is 0.429. The van der Waals surface area contributed by atoms with Crippen molar-refractivity contribution in [3.8, 4) is 6.07 Å². The van der Waals surface area contributed by atoms with E-state index < -0.39 is 5.41 Å². The zero-order valence-electron chi connectivity index (χ0n) is 11.0. The monoisotopic (exact) mass is 309 g/mol. The van der Waals surface area contributed by atoms with E-state index in [9.17, 15) is 10.1 Å². The molecule has 96 valence electrons. The van der Waals surface area contributed by atoms with E-state index in [4.69, 9.17) is 4.74 Å². The summed E-state index contributed by atoms with van der Waals surface area (Å²) < 4.78 is 4.74. The number of alkyl halides is 1. The Labute approximate surface area is 116 Å². The van der Waals surface area contributed by atoms with E-state index in [-0.39, 0.29) is 10.8 Å². The average Bonchev–Trinajstić information content (AvgIpc) is 2.37. The molecule has 3 nitrogen and oxygen atoms in total. The SMILES string of the molecule is COC(=O)c1cc(C(C)Br)cc(C(C)(C)C#N)c1. The smallest absolute Gasteiger partial charge is 0.337 e. The maximum absolute atomic E-state index is 11.6. The van der Waals surface area contributed by atoms with Crippen LogP contribution >= 0.6 is 15.9 Å². The molecule has 1 aromatic rings. The number of ether oxygens (including phenoxy) is 1. The van der Waals surface area contributed by atoms with Crippen molar-refractivity contribution in [3.05, 3.63) is 34.9 Å². The van der Waals surface area contributed by atoms with Crippen molar-refractivity contribution in [2.45, 2.75) is 31.0 Å². The lowest BCUT2D eigenvalue weighted by Gasteiger charge is -2.19. The third-order valence-corrected chi connectivity index (χ3v) is 3.37. The molecular weight excluding hydrogens is 294 g/mol. The highest BCUT2D eigenvalue weighted by atomic mass is 79.9. The number of nitrogens with zero attached hydrogens (tertiary/aromatic N) is 1. The summed E-state index contributed by atoms with van der Waals surface area (Å²) in [6, 6.07) is 7.68. The maximum Gasteiger partial charge on any atom is 0.337 e. The van der Waals surface area contributed by atoms with Gasteiger partial charge in [-0.3, -0.25) is 0 Å². The third kappa shape index (κ3) is 3.11. The Hall–Kier alpha value is -1.34. The first kappa shape index (κ1) is 14.7. The van der Waals surface area contributed by atoms with Gasteiger partial charge in [0.15, 0.2) is 0 Å². The van der Waals surface area contributed by atoms with Gasteiger partial charge in [-0.25, -0.2) is 4.79 Å². The Morgan fingerprint density at radius 1 is 1.44 bits per heavy atom. The van der Waals surface area contributed by atoms with Crippen molar-refractivity contribution in [3.63, 3.8) is 0 Å². The Morgan fingerprint density at radius 3 is 2.50 bits per heavy atom. The second kappa shape index (κ2) is 5.53. The van der Waals surface area contributed by atoms with Crippen LogP contribution in [0.25, 0.3) is 0 Å². The minimum Gasteiger partial charge on any atom is -0.465 e. The van der Waals surface area contributed by atoms with E-state index in [1.807, 2.05) is 26.8 Å². The van der Waals surface area contributed by atoms with E-state index in [2.05, 4.69) is 22.0 Å². The molecule has 4 heteroatoms. The van der Waals surface area contributed by atoms with Crippen molar-refractivity contribution in [1.29, 1.82) is 5.26 Å². The maximum atomic E-state index is 11.6. The Morgan fingerprint density at radius 2 is 2.06 bits per heavy atom. The molecule has 0 heterocycles. The number of hydrogen-bond acceptors (Lipinski definition) is 3. The summed E-state index contributed by atoms with van der Waals surface area (Å²) in [5.74, 6) is -0.389. The highest BCUT2D eigenvalue weighted by Crippen LogP contribution is 2.30. The van der Waals surface area contributed by atoms with Crippen LogP contribution in [0.2, 0.25) is 0 Å². The summed E-state index contributed by atoms with van der Waals surface area (Å²) in [7, 11) is 1.35. The predicted molar refractivity (Wildman–Crippen MR) is 73.8 cm³/mol. The topological polar surface area (TPSA) is 50.1 Å². The number of hydrogen-bond donors (Lipinski definition) is 0. The molecule has 0 aliphatic rings. The first-order valence-corrected chi connectivity index (χ1v) is 6.52. The van der Waals surface area contributed by atoms with E-state index in [1.165, 1.54) is 7.11 Å². The van der Waals surface area contributed by atoms with Crippen molar-refractivity contribution in [2.75, 3.05) is 7.11 Å². The van der Waals surface area contributed by atoms with Crippen LogP contribution < -0.4 is 0 Å². The highest BCUT2D eigenvalue weighted by molar-refractivity contribution is 9.09. The van der Waals surface area contributed by atoms with E-state index in [1.54, 1.807) is 12.1 Å². The molecule has 0 radical (unpaired) electrons. The summed E-state index contributed by atoms with van der Waals surface area (Å²) in [4.78, 5) is 11.7. The lowest BCUT2D eigenvalue weighted by molar-refractivity contribution is 0.0600. The molecule has 0 aromatic heterocycles. The molecule has 0 fully saturated rings. The summed E-state index contributed by atoms with van der Waals surface area (Å²) in [5, 5.41) is 9.19. The molecule has 1 aromatic carbocycles. The minimum absolute atomic E-state index is 0.107. The summed E-state index contributed by atoms with van der Waals surface area (Å²) in [6.45, 7) is 5.62. The largest absolute Gasteiger partial charge is 0.465 e. The number of nitriles is 1. The molecule has 0 saturated carbocycles. The van der Waals surface area contributed by atoms with Gasteiger partial charge < -0.3 is 4.74 Å². The van der Waals surface area contributed by atoms with Gasteiger partial charge in [0, 0.05) is 4.83 Å². The van der Waals surface area contributed by atoms with Crippen molar-refractivity contribution in [1.82, 2.24) is 0 Å². The van der Waals surface area contributed by atoms with Crippen LogP contribution in [0.5, 0.6) is 0 Å². The van der Waals surface area contributed by atoms with Crippen LogP contribution in [0.3, 0.4) is 0 Å². The van der Waals surface area contributed by atoms with Gasteiger partial charge in [-0.05, 0) is 44.0 Å². The average molecular weight is 310 g/mol. The van der Waals surface area contributed by atoms with Crippen molar-refractivity contribution in [2.24, 2.45) is 0 Å². The van der Waals surface area contributed by atoms with Gasteiger partial charge in [-0.15, -0.1) is 0 Å². The highest BCUT2D eigenvalue weighted by Gasteiger charge is 2.23. The molecule has 18 heavy (non-hydrogen) atoms. The lowest BCUT2D eigenvalue weighted by atomic mass is 9.84. The normalized spacial score (nSPS) is 12.7. The standard InChI is InChI=1S/C14H16BrNO2/c1-9(15)10-5-11(13(17)18-4)7-12(6-10)14(2,3)8-16/h5-7,9H,1-4H3. The van der Waals surface area contributed by atoms with Crippen LogP contribution in [-0.2, 0) is 10.2 Å². The number of rotatable bonds is 3. The Kier molecular flexibility index (Phi) is 4.53. The van der Waals surface area contributed by atoms with Gasteiger partial charge in [0.2, 0.25) is 0 Å². The van der Waals surface area contributed by atoms with Crippen LogP contribution in [0.15, 0.2) is 18.2 Å². The van der Waals surface area contributed by atoms with Gasteiger partial charge in [0.1, 0.15) is 0 Å².